The fourth-order valence-electron chi connectivity index (χ4n) is 2.11. The average Bonchev–Trinajstić information content (AvgIpc) is 2.47. The number of carbonyl (C=O) groups excluding carboxylic acids is 1. The number of ketones is 1. The first kappa shape index (κ1) is 14.3. The van der Waals surface area contributed by atoms with Crippen LogP contribution in [-0.4, -0.2) is 22.5 Å². The van der Waals surface area contributed by atoms with Crippen molar-refractivity contribution in [2.75, 3.05) is 6.61 Å². The van der Waals surface area contributed by atoms with Gasteiger partial charge < -0.3 is 5.11 Å². The highest BCUT2D eigenvalue weighted by atomic mass is 19.1. The summed E-state index contributed by atoms with van der Waals surface area (Å²) < 4.78 is 13.2. The van der Waals surface area contributed by atoms with Crippen molar-refractivity contribution in [3.63, 3.8) is 0 Å². The van der Waals surface area contributed by atoms with E-state index in [9.17, 15) is 14.3 Å². The van der Waals surface area contributed by atoms with Gasteiger partial charge in [0.25, 0.3) is 0 Å². The van der Waals surface area contributed by atoms with Gasteiger partial charge in [-0.3, -0.25) is 9.78 Å². The highest BCUT2D eigenvalue weighted by Crippen LogP contribution is 2.19. The van der Waals surface area contributed by atoms with E-state index in [0.717, 1.165) is 5.56 Å². The highest BCUT2D eigenvalue weighted by molar-refractivity contribution is 5.86. The molecule has 2 aromatic rings. The van der Waals surface area contributed by atoms with Gasteiger partial charge in [-0.05, 0) is 41.8 Å². The maximum absolute atomic E-state index is 13.2. The molecule has 0 saturated carbocycles. The lowest BCUT2D eigenvalue weighted by Gasteiger charge is -2.13. The Kier molecular flexibility index (Phi) is 4.96. The standard InChI is InChI=1S/C16H16FNO2/c17-14-3-1-2-13(10-14)15(11-19)16(20)5-4-12-6-8-18-9-7-12/h1-3,6-10,15,19H,4-5,11H2. The zero-order chi connectivity index (χ0) is 14.4. The lowest BCUT2D eigenvalue weighted by molar-refractivity contribution is -0.121. The van der Waals surface area contributed by atoms with Crippen LogP contribution in [0.5, 0.6) is 0 Å². The Labute approximate surface area is 117 Å². The smallest absolute Gasteiger partial charge is 0.142 e. The van der Waals surface area contributed by atoms with Gasteiger partial charge in [0.1, 0.15) is 11.6 Å². The van der Waals surface area contributed by atoms with E-state index in [0.29, 0.717) is 18.4 Å². The maximum Gasteiger partial charge on any atom is 0.142 e. The zero-order valence-corrected chi connectivity index (χ0v) is 11.0. The van der Waals surface area contributed by atoms with Crippen molar-refractivity contribution in [3.8, 4) is 0 Å². The van der Waals surface area contributed by atoms with E-state index in [2.05, 4.69) is 4.98 Å². The number of benzene rings is 1. The van der Waals surface area contributed by atoms with E-state index in [-0.39, 0.29) is 12.4 Å². The number of aryl methyl sites for hydroxylation is 1. The third-order valence-corrected chi connectivity index (χ3v) is 3.23. The number of aliphatic hydroxyl groups is 1. The number of halogens is 1. The summed E-state index contributed by atoms with van der Waals surface area (Å²) in [4.78, 5) is 16.1. The first-order chi connectivity index (χ1) is 9.70. The van der Waals surface area contributed by atoms with Crippen molar-refractivity contribution in [1.82, 2.24) is 4.98 Å². The lowest BCUT2D eigenvalue weighted by atomic mass is 9.92. The van der Waals surface area contributed by atoms with Crippen molar-refractivity contribution < 1.29 is 14.3 Å². The molecule has 0 aliphatic heterocycles. The fraction of sp³-hybridized carbons (Fsp3) is 0.250. The van der Waals surface area contributed by atoms with Crippen molar-refractivity contribution in [2.24, 2.45) is 0 Å². The Morgan fingerprint density at radius 1 is 1.25 bits per heavy atom. The summed E-state index contributed by atoms with van der Waals surface area (Å²) in [6.45, 7) is -0.307. The SMILES string of the molecule is O=C(CCc1ccncc1)C(CO)c1cccc(F)c1. The van der Waals surface area contributed by atoms with Crippen LogP contribution < -0.4 is 0 Å². The molecule has 1 aromatic heterocycles. The summed E-state index contributed by atoms with van der Waals surface area (Å²) in [6.07, 6.45) is 4.25. The molecule has 0 radical (unpaired) electrons. The summed E-state index contributed by atoms with van der Waals surface area (Å²) in [5.74, 6) is -1.15. The second-order valence-corrected chi connectivity index (χ2v) is 4.61. The zero-order valence-electron chi connectivity index (χ0n) is 11.0. The molecule has 0 fully saturated rings. The first-order valence-corrected chi connectivity index (χ1v) is 6.48. The molecule has 1 aromatic carbocycles. The minimum atomic E-state index is -0.660. The molecule has 20 heavy (non-hydrogen) atoms. The molecule has 2 rings (SSSR count). The Morgan fingerprint density at radius 3 is 2.65 bits per heavy atom. The minimum absolute atomic E-state index is 0.0880. The first-order valence-electron chi connectivity index (χ1n) is 6.48. The Hall–Kier alpha value is -2.07. The van der Waals surface area contributed by atoms with Crippen molar-refractivity contribution in [3.05, 3.63) is 65.7 Å². The van der Waals surface area contributed by atoms with Crippen LogP contribution >= 0.6 is 0 Å². The van der Waals surface area contributed by atoms with Gasteiger partial charge in [0.05, 0.1) is 12.5 Å². The van der Waals surface area contributed by atoms with E-state index in [1.54, 1.807) is 24.5 Å². The molecule has 1 heterocycles. The van der Waals surface area contributed by atoms with Gasteiger partial charge in [0.2, 0.25) is 0 Å². The van der Waals surface area contributed by atoms with Crippen LogP contribution in [0.3, 0.4) is 0 Å². The van der Waals surface area contributed by atoms with Gasteiger partial charge in [-0.15, -0.1) is 0 Å². The monoisotopic (exact) mass is 273 g/mol. The number of aromatic nitrogens is 1. The molecule has 0 aliphatic carbocycles. The van der Waals surface area contributed by atoms with Crippen LogP contribution in [0, 0.1) is 5.82 Å². The largest absolute Gasteiger partial charge is 0.395 e. The second kappa shape index (κ2) is 6.91. The number of aliphatic hydroxyl groups excluding tert-OH is 1. The maximum atomic E-state index is 13.2. The number of hydrogen-bond donors (Lipinski definition) is 1. The number of nitrogens with zero attached hydrogens (tertiary/aromatic N) is 1. The van der Waals surface area contributed by atoms with Crippen molar-refractivity contribution >= 4 is 5.78 Å². The van der Waals surface area contributed by atoms with Gasteiger partial charge in [-0.1, -0.05) is 12.1 Å². The van der Waals surface area contributed by atoms with Crippen LogP contribution in [0.4, 0.5) is 4.39 Å². The summed E-state index contributed by atoms with van der Waals surface area (Å²) in [6, 6.07) is 9.52. The van der Waals surface area contributed by atoms with Crippen LogP contribution in [0.2, 0.25) is 0 Å². The van der Waals surface area contributed by atoms with Crippen LogP contribution in [-0.2, 0) is 11.2 Å². The molecule has 1 atom stereocenters. The summed E-state index contributed by atoms with van der Waals surface area (Å²) in [5.41, 5.74) is 1.54. The summed E-state index contributed by atoms with van der Waals surface area (Å²) in [7, 11) is 0. The summed E-state index contributed by atoms with van der Waals surface area (Å²) in [5, 5.41) is 9.38. The Balaban J connectivity index is 2.02. The normalized spacial score (nSPS) is 12.1. The van der Waals surface area contributed by atoms with Gasteiger partial charge in [-0.2, -0.15) is 0 Å². The predicted molar refractivity (Wildman–Crippen MR) is 73.8 cm³/mol. The molecule has 0 amide bonds. The third-order valence-electron chi connectivity index (χ3n) is 3.23. The molecule has 0 aliphatic rings. The lowest BCUT2D eigenvalue weighted by Crippen LogP contribution is -2.17. The number of carbonyl (C=O) groups is 1. The van der Waals surface area contributed by atoms with Crippen molar-refractivity contribution in [2.45, 2.75) is 18.8 Å². The molecule has 3 nitrogen and oxygen atoms in total. The summed E-state index contributed by atoms with van der Waals surface area (Å²) >= 11 is 0. The van der Waals surface area contributed by atoms with Crippen LogP contribution in [0.25, 0.3) is 0 Å². The van der Waals surface area contributed by atoms with Crippen LogP contribution in [0.15, 0.2) is 48.8 Å². The Bertz CT molecular complexity index is 572. The van der Waals surface area contributed by atoms with Gasteiger partial charge in [0.15, 0.2) is 0 Å². The predicted octanol–water partition coefficient (Wildman–Crippen LogP) is 2.50. The third kappa shape index (κ3) is 3.71. The molecule has 1 unspecified atom stereocenters. The second-order valence-electron chi connectivity index (χ2n) is 4.61. The van der Waals surface area contributed by atoms with Crippen LogP contribution in [0.1, 0.15) is 23.5 Å². The van der Waals surface area contributed by atoms with E-state index in [1.165, 1.54) is 12.1 Å². The molecule has 0 saturated heterocycles. The molecule has 4 heteroatoms. The molecule has 0 spiro atoms. The quantitative estimate of drug-likeness (QED) is 0.879. The van der Waals surface area contributed by atoms with Gasteiger partial charge in [0, 0.05) is 18.8 Å². The van der Waals surface area contributed by atoms with Gasteiger partial charge >= 0.3 is 0 Å². The molecule has 1 N–H and O–H groups in total. The number of Topliss-reactive ketones (excluding diaryl/α,β-unsaturated/α-hetero) is 1. The molecule has 0 bridgehead atoms. The highest BCUT2D eigenvalue weighted by Gasteiger charge is 2.19. The Morgan fingerprint density at radius 2 is 2.00 bits per heavy atom. The molecule has 104 valence electrons. The van der Waals surface area contributed by atoms with E-state index in [4.69, 9.17) is 0 Å². The van der Waals surface area contributed by atoms with Gasteiger partial charge in [-0.25, -0.2) is 4.39 Å². The topological polar surface area (TPSA) is 50.2 Å². The molecular formula is C16H16FNO2. The average molecular weight is 273 g/mol. The minimum Gasteiger partial charge on any atom is -0.395 e. The number of hydrogen-bond acceptors (Lipinski definition) is 3. The number of rotatable bonds is 6. The van der Waals surface area contributed by atoms with E-state index >= 15 is 0 Å². The number of pyridine rings is 1. The van der Waals surface area contributed by atoms with Crippen molar-refractivity contribution in [1.29, 1.82) is 0 Å². The fourth-order valence-corrected chi connectivity index (χ4v) is 2.11. The molecular weight excluding hydrogens is 257 g/mol. The van der Waals surface area contributed by atoms with E-state index < -0.39 is 11.7 Å². The van der Waals surface area contributed by atoms with E-state index in [1.807, 2.05) is 12.1 Å².